The minimum Gasteiger partial charge on any atom is -0.478 e. The number of benzene rings is 2. The quantitative estimate of drug-likeness (QED) is 0.909. The lowest BCUT2D eigenvalue weighted by Crippen LogP contribution is -2.01. The monoisotopic (exact) mass is 283 g/mol. The van der Waals surface area contributed by atoms with Gasteiger partial charge in [0.05, 0.1) is 17.2 Å². The summed E-state index contributed by atoms with van der Waals surface area (Å²) in [5.74, 6) is 0.557. The maximum Gasteiger partial charge on any atom is 0.335 e. The SMILES string of the molecule is N#Cc1ccc(CSCc2ccccc2C(=O)O)cc1. The normalized spacial score (nSPS) is 9.95. The fraction of sp³-hybridized carbons (Fsp3) is 0.125. The molecule has 0 amide bonds. The number of hydrogen-bond acceptors (Lipinski definition) is 3. The summed E-state index contributed by atoms with van der Waals surface area (Å²) in [5.41, 5.74) is 2.97. The average Bonchev–Trinajstić information content (AvgIpc) is 2.48. The van der Waals surface area contributed by atoms with Crippen molar-refractivity contribution in [1.29, 1.82) is 5.26 Å². The number of carboxylic acid groups (broad SMARTS) is 1. The van der Waals surface area contributed by atoms with E-state index in [1.165, 1.54) is 0 Å². The lowest BCUT2D eigenvalue weighted by Gasteiger charge is -2.06. The van der Waals surface area contributed by atoms with Gasteiger partial charge in [0.15, 0.2) is 0 Å². The summed E-state index contributed by atoms with van der Waals surface area (Å²) < 4.78 is 0. The van der Waals surface area contributed by atoms with E-state index in [0.29, 0.717) is 16.9 Å². The number of nitrogens with zero attached hydrogens (tertiary/aromatic N) is 1. The van der Waals surface area contributed by atoms with Crippen LogP contribution in [0, 0.1) is 11.3 Å². The van der Waals surface area contributed by atoms with Gasteiger partial charge in [0.2, 0.25) is 0 Å². The van der Waals surface area contributed by atoms with E-state index in [-0.39, 0.29) is 0 Å². The molecule has 4 heteroatoms. The first-order valence-electron chi connectivity index (χ1n) is 6.08. The number of carbonyl (C=O) groups is 1. The Kier molecular flexibility index (Phi) is 4.80. The third kappa shape index (κ3) is 3.62. The summed E-state index contributed by atoms with van der Waals surface area (Å²) in [4.78, 5) is 11.1. The molecule has 2 aromatic rings. The molecule has 1 N–H and O–H groups in total. The second kappa shape index (κ2) is 6.78. The molecule has 0 bridgehead atoms. The van der Waals surface area contributed by atoms with Crippen molar-refractivity contribution >= 4 is 17.7 Å². The fourth-order valence-corrected chi connectivity index (χ4v) is 2.81. The van der Waals surface area contributed by atoms with Gasteiger partial charge in [-0.2, -0.15) is 17.0 Å². The summed E-state index contributed by atoms with van der Waals surface area (Å²) in [6.45, 7) is 0. The van der Waals surface area contributed by atoms with E-state index in [0.717, 1.165) is 16.9 Å². The Morgan fingerprint density at radius 2 is 1.80 bits per heavy atom. The molecule has 0 saturated heterocycles. The van der Waals surface area contributed by atoms with Crippen LogP contribution in [0.15, 0.2) is 48.5 Å². The molecule has 20 heavy (non-hydrogen) atoms. The van der Waals surface area contributed by atoms with E-state index in [1.807, 2.05) is 24.3 Å². The third-order valence-electron chi connectivity index (χ3n) is 2.86. The van der Waals surface area contributed by atoms with Crippen molar-refractivity contribution < 1.29 is 9.90 Å². The largest absolute Gasteiger partial charge is 0.478 e. The van der Waals surface area contributed by atoms with Gasteiger partial charge >= 0.3 is 5.97 Å². The number of aromatic carboxylic acids is 1. The van der Waals surface area contributed by atoms with Crippen molar-refractivity contribution in [3.8, 4) is 6.07 Å². The zero-order chi connectivity index (χ0) is 14.4. The van der Waals surface area contributed by atoms with Gasteiger partial charge in [-0.1, -0.05) is 30.3 Å². The second-order valence-electron chi connectivity index (χ2n) is 4.26. The average molecular weight is 283 g/mol. The molecule has 0 saturated carbocycles. The number of carboxylic acids is 1. The van der Waals surface area contributed by atoms with Crippen LogP contribution in [0.5, 0.6) is 0 Å². The van der Waals surface area contributed by atoms with Crippen molar-refractivity contribution in [2.75, 3.05) is 0 Å². The number of thioether (sulfide) groups is 1. The van der Waals surface area contributed by atoms with E-state index < -0.39 is 5.97 Å². The Labute approximate surface area is 121 Å². The fourth-order valence-electron chi connectivity index (χ4n) is 1.81. The van der Waals surface area contributed by atoms with Gasteiger partial charge in [0.1, 0.15) is 0 Å². The molecule has 100 valence electrons. The van der Waals surface area contributed by atoms with Crippen LogP contribution in [0.25, 0.3) is 0 Å². The summed E-state index contributed by atoms with van der Waals surface area (Å²) in [5, 5.41) is 17.8. The summed E-state index contributed by atoms with van der Waals surface area (Å²) >= 11 is 1.66. The first-order valence-corrected chi connectivity index (χ1v) is 7.24. The first kappa shape index (κ1) is 14.2. The Balaban J connectivity index is 1.96. The Bertz CT molecular complexity index is 644. The van der Waals surface area contributed by atoms with E-state index in [4.69, 9.17) is 10.4 Å². The van der Waals surface area contributed by atoms with Crippen molar-refractivity contribution in [1.82, 2.24) is 0 Å². The summed E-state index contributed by atoms with van der Waals surface area (Å²) in [6, 6.07) is 16.6. The molecule has 0 aliphatic rings. The number of nitriles is 1. The van der Waals surface area contributed by atoms with E-state index in [9.17, 15) is 4.79 Å². The molecule has 0 aliphatic heterocycles. The van der Waals surface area contributed by atoms with E-state index in [1.54, 1.807) is 36.0 Å². The van der Waals surface area contributed by atoms with Gasteiger partial charge in [0, 0.05) is 11.5 Å². The first-order chi connectivity index (χ1) is 9.70. The Morgan fingerprint density at radius 1 is 1.10 bits per heavy atom. The highest BCUT2D eigenvalue weighted by Gasteiger charge is 2.08. The van der Waals surface area contributed by atoms with E-state index >= 15 is 0 Å². The Morgan fingerprint density at radius 3 is 2.45 bits per heavy atom. The lowest BCUT2D eigenvalue weighted by atomic mass is 10.1. The minimum atomic E-state index is -0.889. The molecule has 2 rings (SSSR count). The summed E-state index contributed by atoms with van der Waals surface area (Å²) in [6.07, 6.45) is 0. The van der Waals surface area contributed by atoms with Crippen LogP contribution in [0.3, 0.4) is 0 Å². The molecule has 0 aliphatic carbocycles. The van der Waals surface area contributed by atoms with Gasteiger partial charge in [-0.25, -0.2) is 4.79 Å². The molecule has 0 aromatic heterocycles. The standard InChI is InChI=1S/C16H13NO2S/c17-9-12-5-7-13(8-6-12)10-20-11-14-3-1-2-4-15(14)16(18)19/h1-8H,10-11H2,(H,18,19). The molecule has 0 radical (unpaired) electrons. The smallest absolute Gasteiger partial charge is 0.335 e. The molecule has 0 unspecified atom stereocenters. The highest BCUT2D eigenvalue weighted by molar-refractivity contribution is 7.97. The zero-order valence-electron chi connectivity index (χ0n) is 10.7. The maximum atomic E-state index is 11.1. The molecule has 0 fully saturated rings. The van der Waals surface area contributed by atoms with E-state index in [2.05, 4.69) is 6.07 Å². The highest BCUT2D eigenvalue weighted by atomic mass is 32.2. The van der Waals surface area contributed by atoms with Gasteiger partial charge in [0.25, 0.3) is 0 Å². The number of hydrogen-bond donors (Lipinski definition) is 1. The van der Waals surface area contributed by atoms with Crippen LogP contribution in [-0.4, -0.2) is 11.1 Å². The maximum absolute atomic E-state index is 11.1. The lowest BCUT2D eigenvalue weighted by molar-refractivity contribution is 0.0696. The van der Waals surface area contributed by atoms with Crippen LogP contribution < -0.4 is 0 Å². The predicted octanol–water partition coefficient (Wildman–Crippen LogP) is 3.69. The van der Waals surface area contributed by atoms with Crippen LogP contribution in [0.1, 0.15) is 27.0 Å². The third-order valence-corrected chi connectivity index (χ3v) is 3.91. The Hall–Kier alpha value is -2.25. The predicted molar refractivity (Wildman–Crippen MR) is 79.6 cm³/mol. The van der Waals surface area contributed by atoms with Gasteiger partial charge < -0.3 is 5.11 Å². The molecule has 0 spiro atoms. The molecular weight excluding hydrogens is 270 g/mol. The van der Waals surface area contributed by atoms with Crippen LogP contribution in [-0.2, 0) is 11.5 Å². The van der Waals surface area contributed by atoms with Crippen LogP contribution in [0.2, 0.25) is 0 Å². The molecular formula is C16H13NO2S. The van der Waals surface area contributed by atoms with Crippen molar-refractivity contribution in [2.24, 2.45) is 0 Å². The molecule has 0 heterocycles. The minimum absolute atomic E-state index is 0.361. The van der Waals surface area contributed by atoms with Crippen molar-refractivity contribution in [3.05, 3.63) is 70.8 Å². The van der Waals surface area contributed by atoms with Gasteiger partial charge in [-0.15, -0.1) is 0 Å². The van der Waals surface area contributed by atoms with Gasteiger partial charge in [-0.05, 0) is 29.3 Å². The van der Waals surface area contributed by atoms with Crippen LogP contribution >= 0.6 is 11.8 Å². The summed E-state index contributed by atoms with van der Waals surface area (Å²) in [7, 11) is 0. The zero-order valence-corrected chi connectivity index (χ0v) is 11.6. The molecule has 0 atom stereocenters. The topological polar surface area (TPSA) is 61.1 Å². The molecule has 2 aromatic carbocycles. The highest BCUT2D eigenvalue weighted by Crippen LogP contribution is 2.20. The van der Waals surface area contributed by atoms with Crippen LogP contribution in [0.4, 0.5) is 0 Å². The van der Waals surface area contributed by atoms with Crippen molar-refractivity contribution in [2.45, 2.75) is 11.5 Å². The second-order valence-corrected chi connectivity index (χ2v) is 5.25. The van der Waals surface area contributed by atoms with Gasteiger partial charge in [-0.3, -0.25) is 0 Å². The molecule has 3 nitrogen and oxygen atoms in total. The number of rotatable bonds is 5. The van der Waals surface area contributed by atoms with Crippen molar-refractivity contribution in [3.63, 3.8) is 0 Å².